The maximum atomic E-state index is 13.9. The van der Waals surface area contributed by atoms with Gasteiger partial charge >= 0.3 is 0 Å². The second kappa shape index (κ2) is 7.71. The van der Waals surface area contributed by atoms with Crippen LogP contribution in [0, 0.1) is 17.7 Å². The molecule has 28 heavy (non-hydrogen) atoms. The van der Waals surface area contributed by atoms with E-state index in [4.69, 9.17) is 4.74 Å². The molecule has 1 aromatic carbocycles. The SMILES string of the molecule is CNc1nccnc1N1C[C@@H]2CN(C(=O)COC)[C@@H](c3cccc(F)c3)[C@@H]2C1. The molecule has 2 aromatic rings. The summed E-state index contributed by atoms with van der Waals surface area (Å²) < 4.78 is 19.0. The third kappa shape index (κ3) is 3.28. The van der Waals surface area contributed by atoms with E-state index in [1.807, 2.05) is 18.0 Å². The molecule has 3 heterocycles. The standard InChI is InChI=1S/C20H24FN5O2/c1-22-19-20(24-7-6-23-19)25-9-14-10-26(17(27)12-28-2)18(16(14)11-25)13-4-3-5-15(21)8-13/h3-8,14,16,18H,9-12H2,1-2H3,(H,22,23)/t14-,16-,18+/m1/s1. The highest BCUT2D eigenvalue weighted by molar-refractivity contribution is 5.78. The highest BCUT2D eigenvalue weighted by Crippen LogP contribution is 2.46. The van der Waals surface area contributed by atoms with E-state index < -0.39 is 0 Å². The Bertz CT molecular complexity index is 864. The number of hydrogen-bond acceptors (Lipinski definition) is 6. The van der Waals surface area contributed by atoms with Gasteiger partial charge in [-0.25, -0.2) is 14.4 Å². The lowest BCUT2D eigenvalue weighted by molar-refractivity contribution is -0.136. The van der Waals surface area contributed by atoms with Gasteiger partial charge in [0.25, 0.3) is 0 Å². The van der Waals surface area contributed by atoms with Gasteiger partial charge in [0, 0.05) is 58.0 Å². The van der Waals surface area contributed by atoms with Gasteiger partial charge in [0.05, 0.1) is 6.04 Å². The normalized spacial score (nSPS) is 23.8. The van der Waals surface area contributed by atoms with E-state index in [9.17, 15) is 9.18 Å². The molecule has 148 valence electrons. The minimum atomic E-state index is -0.290. The smallest absolute Gasteiger partial charge is 0.249 e. The number of amides is 1. The molecule has 0 unspecified atom stereocenters. The number of benzene rings is 1. The zero-order valence-electron chi connectivity index (χ0n) is 16.0. The molecule has 0 radical (unpaired) electrons. The van der Waals surface area contributed by atoms with Crippen molar-refractivity contribution in [3.8, 4) is 0 Å². The van der Waals surface area contributed by atoms with E-state index in [0.717, 1.165) is 30.3 Å². The molecular weight excluding hydrogens is 361 g/mol. The van der Waals surface area contributed by atoms with Crippen LogP contribution in [-0.4, -0.2) is 61.2 Å². The number of hydrogen-bond donors (Lipinski definition) is 1. The van der Waals surface area contributed by atoms with E-state index in [-0.39, 0.29) is 36.2 Å². The Kier molecular flexibility index (Phi) is 5.13. The van der Waals surface area contributed by atoms with Crippen molar-refractivity contribution in [3.05, 3.63) is 48.0 Å². The topological polar surface area (TPSA) is 70.6 Å². The van der Waals surface area contributed by atoms with Crippen LogP contribution in [0.25, 0.3) is 0 Å². The Morgan fingerprint density at radius 2 is 2.11 bits per heavy atom. The van der Waals surface area contributed by atoms with Crippen molar-refractivity contribution < 1.29 is 13.9 Å². The van der Waals surface area contributed by atoms with Crippen molar-refractivity contribution in [3.63, 3.8) is 0 Å². The number of aromatic nitrogens is 2. The monoisotopic (exact) mass is 385 g/mol. The van der Waals surface area contributed by atoms with Gasteiger partial charge in [-0.2, -0.15) is 0 Å². The van der Waals surface area contributed by atoms with E-state index in [1.165, 1.54) is 19.2 Å². The summed E-state index contributed by atoms with van der Waals surface area (Å²) in [7, 11) is 3.34. The zero-order valence-corrected chi connectivity index (χ0v) is 16.0. The predicted molar refractivity (Wildman–Crippen MR) is 104 cm³/mol. The summed E-state index contributed by atoms with van der Waals surface area (Å²) in [5.74, 6) is 1.66. The molecule has 1 N–H and O–H groups in total. The molecule has 1 aromatic heterocycles. The van der Waals surface area contributed by atoms with Gasteiger partial charge in [0.2, 0.25) is 5.91 Å². The first-order valence-electron chi connectivity index (χ1n) is 9.40. The number of rotatable bonds is 5. The summed E-state index contributed by atoms with van der Waals surface area (Å²) in [5.41, 5.74) is 0.826. The summed E-state index contributed by atoms with van der Waals surface area (Å²) in [6.07, 6.45) is 3.34. The number of nitrogens with one attached hydrogen (secondary N) is 1. The Balaban J connectivity index is 1.64. The molecule has 2 saturated heterocycles. The number of methoxy groups -OCH3 is 1. The molecule has 3 atom stereocenters. The second-order valence-electron chi connectivity index (χ2n) is 7.29. The van der Waals surface area contributed by atoms with Gasteiger partial charge in [-0.1, -0.05) is 12.1 Å². The zero-order chi connectivity index (χ0) is 19.7. The number of ether oxygens (including phenoxy) is 1. The quantitative estimate of drug-likeness (QED) is 0.848. The summed E-state index contributed by atoms with van der Waals surface area (Å²) in [6.45, 7) is 2.17. The Morgan fingerprint density at radius 3 is 2.86 bits per heavy atom. The van der Waals surface area contributed by atoms with Gasteiger partial charge in [0.1, 0.15) is 12.4 Å². The van der Waals surface area contributed by atoms with Gasteiger partial charge in [-0.3, -0.25) is 4.79 Å². The molecule has 0 aliphatic carbocycles. The van der Waals surface area contributed by atoms with Gasteiger partial charge in [-0.15, -0.1) is 0 Å². The van der Waals surface area contributed by atoms with Crippen molar-refractivity contribution >= 4 is 17.5 Å². The first kappa shape index (κ1) is 18.6. The molecule has 0 saturated carbocycles. The summed E-state index contributed by atoms with van der Waals surface area (Å²) >= 11 is 0. The van der Waals surface area contributed by atoms with Crippen LogP contribution in [0.4, 0.5) is 16.0 Å². The van der Waals surface area contributed by atoms with Crippen molar-refractivity contribution in [2.75, 3.05) is 50.6 Å². The molecule has 1 amide bonds. The lowest BCUT2D eigenvalue weighted by Gasteiger charge is -2.30. The average molecular weight is 385 g/mol. The van der Waals surface area contributed by atoms with Crippen LogP contribution >= 0.6 is 0 Å². The van der Waals surface area contributed by atoms with Crippen LogP contribution in [0.5, 0.6) is 0 Å². The van der Waals surface area contributed by atoms with Crippen molar-refractivity contribution in [1.29, 1.82) is 0 Å². The highest BCUT2D eigenvalue weighted by Gasteiger charge is 2.49. The van der Waals surface area contributed by atoms with Crippen molar-refractivity contribution in [2.45, 2.75) is 6.04 Å². The molecular formula is C20H24FN5O2. The van der Waals surface area contributed by atoms with Gasteiger partial charge in [0.15, 0.2) is 11.6 Å². The van der Waals surface area contributed by atoms with Crippen LogP contribution < -0.4 is 10.2 Å². The number of carbonyl (C=O) groups excluding carboxylic acids is 1. The second-order valence-corrected chi connectivity index (χ2v) is 7.29. The number of carbonyl (C=O) groups is 1. The van der Waals surface area contributed by atoms with Gasteiger partial charge < -0.3 is 19.9 Å². The molecule has 7 nitrogen and oxygen atoms in total. The molecule has 2 aliphatic rings. The summed E-state index contributed by atoms with van der Waals surface area (Å²) in [6, 6.07) is 6.38. The fourth-order valence-corrected chi connectivity index (χ4v) is 4.54. The van der Waals surface area contributed by atoms with Crippen LogP contribution in [0.2, 0.25) is 0 Å². The third-order valence-corrected chi connectivity index (χ3v) is 5.66. The summed E-state index contributed by atoms with van der Waals surface area (Å²) in [4.78, 5) is 25.6. The minimum absolute atomic E-state index is 0.0308. The van der Waals surface area contributed by atoms with Crippen molar-refractivity contribution in [1.82, 2.24) is 14.9 Å². The van der Waals surface area contributed by atoms with Crippen LogP contribution in [0.3, 0.4) is 0 Å². The Morgan fingerprint density at radius 1 is 1.29 bits per heavy atom. The number of anilines is 2. The van der Waals surface area contributed by atoms with Crippen LogP contribution in [0.15, 0.2) is 36.7 Å². The lowest BCUT2D eigenvalue weighted by Crippen LogP contribution is -2.37. The van der Waals surface area contributed by atoms with E-state index in [1.54, 1.807) is 18.5 Å². The number of nitrogens with zero attached hydrogens (tertiary/aromatic N) is 4. The van der Waals surface area contributed by atoms with Gasteiger partial charge in [-0.05, 0) is 17.7 Å². The maximum Gasteiger partial charge on any atom is 0.249 e. The Labute approximate surface area is 163 Å². The number of likely N-dealkylation sites (tertiary alicyclic amines) is 1. The molecule has 0 bridgehead atoms. The average Bonchev–Trinajstić information content (AvgIpc) is 3.26. The van der Waals surface area contributed by atoms with Crippen LogP contribution in [0.1, 0.15) is 11.6 Å². The largest absolute Gasteiger partial charge is 0.375 e. The third-order valence-electron chi connectivity index (χ3n) is 5.66. The molecule has 4 rings (SSSR count). The minimum Gasteiger partial charge on any atom is -0.375 e. The highest BCUT2D eigenvalue weighted by atomic mass is 19.1. The Hall–Kier alpha value is -2.74. The van der Waals surface area contributed by atoms with E-state index in [0.29, 0.717) is 6.54 Å². The molecule has 8 heteroatoms. The first-order chi connectivity index (χ1) is 13.6. The predicted octanol–water partition coefficient (Wildman–Crippen LogP) is 1.94. The lowest BCUT2D eigenvalue weighted by atomic mass is 9.89. The van der Waals surface area contributed by atoms with E-state index >= 15 is 0 Å². The molecule has 0 spiro atoms. The maximum absolute atomic E-state index is 13.9. The first-order valence-corrected chi connectivity index (χ1v) is 9.40. The fourth-order valence-electron chi connectivity index (χ4n) is 4.54. The van der Waals surface area contributed by atoms with E-state index in [2.05, 4.69) is 20.2 Å². The fraction of sp³-hybridized carbons (Fsp3) is 0.450. The molecule has 2 aliphatic heterocycles. The van der Waals surface area contributed by atoms with Crippen molar-refractivity contribution in [2.24, 2.45) is 11.8 Å². The number of fused-ring (bicyclic) bond motifs is 1. The summed E-state index contributed by atoms with van der Waals surface area (Å²) in [5, 5.41) is 3.09. The number of halogens is 1. The van der Waals surface area contributed by atoms with Crippen LogP contribution in [-0.2, 0) is 9.53 Å². The molecule has 2 fully saturated rings.